The molecule has 0 heterocycles. The van der Waals surface area contributed by atoms with Crippen molar-refractivity contribution in [3.05, 3.63) is 82.5 Å². The fourth-order valence-electron chi connectivity index (χ4n) is 4.52. The minimum absolute atomic E-state index is 0. The van der Waals surface area contributed by atoms with Gasteiger partial charge in [0.15, 0.2) is 0 Å². The van der Waals surface area contributed by atoms with E-state index in [4.69, 9.17) is 0 Å². The molecule has 0 saturated carbocycles. The normalized spacial score (nSPS) is 13.0. The number of halogens is 2. The monoisotopic (exact) mass is 512 g/mol. The molecule has 154 valence electrons. The molecular formula is C27H28Cl2Zr. The number of rotatable bonds is 4. The summed E-state index contributed by atoms with van der Waals surface area (Å²) >= 11 is 0. The van der Waals surface area contributed by atoms with Gasteiger partial charge < -0.3 is 24.8 Å². The molecule has 2 aromatic rings. The van der Waals surface area contributed by atoms with Gasteiger partial charge >= 0.3 is 26.2 Å². The van der Waals surface area contributed by atoms with Gasteiger partial charge in [0, 0.05) is 17.4 Å². The largest absolute Gasteiger partial charge is 2.00 e. The molecule has 0 aliphatic heterocycles. The molecule has 0 unspecified atom stereocenters. The van der Waals surface area contributed by atoms with E-state index in [0.29, 0.717) is 0 Å². The van der Waals surface area contributed by atoms with Gasteiger partial charge in [0.2, 0.25) is 0 Å². The van der Waals surface area contributed by atoms with Crippen molar-refractivity contribution >= 4 is 0 Å². The Morgan fingerprint density at radius 1 is 1.00 bits per heavy atom. The van der Waals surface area contributed by atoms with Gasteiger partial charge in [-0.2, -0.15) is 0 Å². The third kappa shape index (κ3) is 5.05. The molecule has 2 aliphatic carbocycles. The van der Waals surface area contributed by atoms with Crippen LogP contribution < -0.4 is 24.8 Å². The van der Waals surface area contributed by atoms with Crippen LogP contribution in [0, 0.1) is 11.8 Å². The minimum atomic E-state index is -0.00828. The van der Waals surface area contributed by atoms with E-state index in [1.165, 1.54) is 51.8 Å². The summed E-state index contributed by atoms with van der Waals surface area (Å²) in [6, 6.07) is 13.4. The van der Waals surface area contributed by atoms with Crippen LogP contribution in [-0.2, 0) is 38.0 Å². The summed E-state index contributed by atoms with van der Waals surface area (Å²) < 4.78 is 0. The molecule has 2 aromatic carbocycles. The molecule has 0 fully saturated rings. The second-order valence-electron chi connectivity index (χ2n) is 8.20. The van der Waals surface area contributed by atoms with Crippen LogP contribution >= 0.6 is 0 Å². The van der Waals surface area contributed by atoms with Gasteiger partial charge in [-0.15, -0.1) is 0 Å². The van der Waals surface area contributed by atoms with Gasteiger partial charge in [0.05, 0.1) is 0 Å². The van der Waals surface area contributed by atoms with Crippen molar-refractivity contribution < 1.29 is 51.0 Å². The van der Waals surface area contributed by atoms with Crippen LogP contribution in [-0.4, -0.2) is 0 Å². The first-order valence-electron chi connectivity index (χ1n) is 10.2. The van der Waals surface area contributed by atoms with Crippen LogP contribution in [0.2, 0.25) is 0 Å². The first-order valence-corrected chi connectivity index (χ1v) is 10.2. The number of allylic oxidation sites excluding steroid dienone is 4. The van der Waals surface area contributed by atoms with E-state index >= 15 is 0 Å². The first kappa shape index (κ1) is 27.0. The van der Waals surface area contributed by atoms with Crippen LogP contribution in [0.25, 0.3) is 11.1 Å². The molecule has 4 rings (SSSR count). The van der Waals surface area contributed by atoms with Gasteiger partial charge in [-0.3, -0.25) is 0 Å². The second kappa shape index (κ2) is 11.5. The molecule has 0 N–H and O–H groups in total. The topological polar surface area (TPSA) is 0 Å². The van der Waals surface area contributed by atoms with E-state index in [9.17, 15) is 0 Å². The van der Waals surface area contributed by atoms with Crippen LogP contribution in [0.4, 0.5) is 0 Å². The third-order valence-electron chi connectivity index (χ3n) is 6.07. The van der Waals surface area contributed by atoms with Crippen molar-refractivity contribution in [2.75, 3.05) is 0 Å². The van der Waals surface area contributed by atoms with Gasteiger partial charge in [-0.25, -0.2) is 0 Å². The van der Waals surface area contributed by atoms with Crippen LogP contribution in [0.5, 0.6) is 0 Å². The third-order valence-corrected chi connectivity index (χ3v) is 6.07. The maximum Gasteiger partial charge on any atom is 2.00 e. The standard InChI is InChI=1S/C27H28.2ClH.Zr/c1-4-5-6-7-12-20-17-18-24-23-16-11-8-13-21(23)19-25(24)26(20)27(2,3)22-14-9-10-15-22;;;/h8-11,13-14,16-18H,4-6,15,19H2,1-3H3;2*1H;/q;;;+2/p-2. The Morgan fingerprint density at radius 3 is 2.47 bits per heavy atom. The zero-order valence-electron chi connectivity index (χ0n) is 18.0. The van der Waals surface area contributed by atoms with Crippen molar-refractivity contribution in [3.8, 4) is 23.0 Å². The van der Waals surface area contributed by atoms with Crippen molar-refractivity contribution in [1.82, 2.24) is 0 Å². The molecule has 30 heavy (non-hydrogen) atoms. The van der Waals surface area contributed by atoms with E-state index in [2.05, 4.69) is 87.2 Å². The summed E-state index contributed by atoms with van der Waals surface area (Å²) in [6.07, 6.45) is 12.2. The zero-order chi connectivity index (χ0) is 18.9. The number of benzene rings is 2. The molecule has 0 aromatic heterocycles. The molecule has 3 heteroatoms. The Bertz CT molecular complexity index is 1000. The number of fused-ring (bicyclic) bond motifs is 3. The second-order valence-corrected chi connectivity index (χ2v) is 8.20. The van der Waals surface area contributed by atoms with Crippen molar-refractivity contribution in [2.24, 2.45) is 0 Å². The van der Waals surface area contributed by atoms with Crippen LogP contribution in [0.15, 0.2) is 60.2 Å². The van der Waals surface area contributed by atoms with Crippen molar-refractivity contribution in [3.63, 3.8) is 0 Å². The van der Waals surface area contributed by atoms with E-state index in [1.807, 2.05) is 0 Å². The number of hydrogen-bond donors (Lipinski definition) is 0. The van der Waals surface area contributed by atoms with Crippen LogP contribution in [0.3, 0.4) is 0 Å². The number of unbranched alkanes of at least 4 members (excludes halogenated alkanes) is 2. The molecular weight excluding hydrogens is 486 g/mol. The van der Waals surface area contributed by atoms with Gasteiger partial charge in [0.25, 0.3) is 0 Å². The van der Waals surface area contributed by atoms with Crippen LogP contribution in [0.1, 0.15) is 68.7 Å². The van der Waals surface area contributed by atoms with E-state index < -0.39 is 0 Å². The smallest absolute Gasteiger partial charge is 1.00 e. The average Bonchev–Trinajstić information content (AvgIpc) is 3.32. The summed E-state index contributed by atoms with van der Waals surface area (Å²) in [5, 5.41) is 0. The average molecular weight is 515 g/mol. The number of hydrogen-bond acceptors (Lipinski definition) is 0. The Balaban J connectivity index is 0.00000150. The van der Waals surface area contributed by atoms with E-state index in [1.54, 1.807) is 0 Å². The Labute approximate surface area is 213 Å². The zero-order valence-corrected chi connectivity index (χ0v) is 22.0. The minimum Gasteiger partial charge on any atom is -1.00 e. The van der Waals surface area contributed by atoms with Gasteiger partial charge in [-0.05, 0) is 53.1 Å². The maximum absolute atomic E-state index is 3.54. The molecule has 0 bridgehead atoms. The Hall–Kier alpha value is -1.06. The molecule has 0 atom stereocenters. The fraction of sp³-hybridized carbons (Fsp3) is 0.333. The molecule has 2 aliphatic rings. The summed E-state index contributed by atoms with van der Waals surface area (Å²) in [7, 11) is 0. The van der Waals surface area contributed by atoms with Gasteiger partial charge in [-0.1, -0.05) is 93.2 Å². The summed E-state index contributed by atoms with van der Waals surface area (Å²) in [5.41, 5.74) is 9.86. The van der Waals surface area contributed by atoms with Gasteiger partial charge in [0.1, 0.15) is 0 Å². The molecule has 0 nitrogen and oxygen atoms in total. The fourth-order valence-corrected chi connectivity index (χ4v) is 4.52. The quantitative estimate of drug-likeness (QED) is 0.360. The SMILES string of the molecule is CCCCC#Cc1ccc2c(c1C(C)(C)C1=CC=CC1)Cc1ccccc1-2.[Cl-].[Cl-].[Zr+2]. The predicted octanol–water partition coefficient (Wildman–Crippen LogP) is 0.969. The van der Waals surface area contributed by atoms with Crippen molar-refractivity contribution in [1.29, 1.82) is 0 Å². The Kier molecular flexibility index (Phi) is 10.4. The Morgan fingerprint density at radius 2 is 1.77 bits per heavy atom. The molecule has 0 amide bonds. The van der Waals surface area contributed by atoms with E-state index in [-0.39, 0.29) is 56.4 Å². The summed E-state index contributed by atoms with van der Waals surface area (Å²) in [5.74, 6) is 6.97. The maximum atomic E-state index is 3.54. The van der Waals surface area contributed by atoms with Crippen molar-refractivity contribution in [2.45, 2.75) is 58.3 Å². The summed E-state index contributed by atoms with van der Waals surface area (Å²) in [4.78, 5) is 0. The summed E-state index contributed by atoms with van der Waals surface area (Å²) in [6.45, 7) is 6.98. The van der Waals surface area contributed by atoms with E-state index in [0.717, 1.165) is 19.3 Å². The molecule has 0 spiro atoms. The predicted molar refractivity (Wildman–Crippen MR) is 116 cm³/mol. The first-order chi connectivity index (χ1) is 13.1. The molecule has 0 saturated heterocycles. The molecule has 0 radical (unpaired) electrons.